The Morgan fingerprint density at radius 3 is 2.37 bits per heavy atom. The van der Waals surface area contributed by atoms with Crippen molar-refractivity contribution in [2.24, 2.45) is 0 Å². The number of alkyl halides is 3. The van der Waals surface area contributed by atoms with E-state index >= 15 is 0 Å². The maximum absolute atomic E-state index is 13.6. The van der Waals surface area contributed by atoms with Crippen molar-refractivity contribution in [1.29, 1.82) is 0 Å². The van der Waals surface area contributed by atoms with Crippen LogP contribution in [0.1, 0.15) is 36.1 Å². The number of phenols is 1. The zero-order valence-corrected chi connectivity index (χ0v) is 21.0. The first kappa shape index (κ1) is 28.4. The summed E-state index contributed by atoms with van der Waals surface area (Å²) < 4.78 is 46.6. The molecule has 0 saturated carbocycles. The highest BCUT2D eigenvalue weighted by Gasteiger charge is 2.31. The van der Waals surface area contributed by atoms with E-state index in [1.54, 1.807) is 44.2 Å². The van der Waals surface area contributed by atoms with Crippen LogP contribution in [0.4, 0.5) is 18.0 Å². The van der Waals surface area contributed by atoms with Gasteiger partial charge >= 0.3 is 18.2 Å². The van der Waals surface area contributed by atoms with Gasteiger partial charge < -0.3 is 25.2 Å². The molecule has 10 heteroatoms. The van der Waals surface area contributed by atoms with Crippen molar-refractivity contribution in [3.63, 3.8) is 0 Å². The summed E-state index contributed by atoms with van der Waals surface area (Å²) in [5.41, 5.74) is 1.30. The molecule has 0 saturated heterocycles. The van der Waals surface area contributed by atoms with E-state index in [2.05, 4.69) is 5.32 Å². The Hall–Kier alpha value is -4.21. The number of ether oxygens (including phenoxy) is 1. The van der Waals surface area contributed by atoms with Gasteiger partial charge in [0.2, 0.25) is 0 Å². The predicted octanol–water partition coefficient (Wildman–Crippen LogP) is 5.84. The molecule has 3 N–H and O–H groups in total. The molecule has 7 nitrogen and oxygen atoms in total. The molecule has 0 aliphatic rings. The second-order valence-electron chi connectivity index (χ2n) is 8.55. The fourth-order valence-corrected chi connectivity index (χ4v) is 4.01. The van der Waals surface area contributed by atoms with E-state index in [4.69, 9.17) is 4.74 Å². The molecule has 0 fully saturated rings. The number of benzene rings is 3. The van der Waals surface area contributed by atoms with Crippen LogP contribution >= 0.6 is 0 Å². The SMILES string of the molecule is CCOc1ccc(CC(=O)O)cc1-c1ccc(C(F)(F)F)cc1CN(CC)C(=O)NCc1cccc(O)c1. The number of carbonyl (C=O) groups is 2. The number of aromatic hydroxyl groups is 1. The Kier molecular flexibility index (Phi) is 9.22. The maximum Gasteiger partial charge on any atom is 0.416 e. The Balaban J connectivity index is 2.00. The summed E-state index contributed by atoms with van der Waals surface area (Å²) in [7, 11) is 0. The van der Waals surface area contributed by atoms with E-state index in [0.717, 1.165) is 12.1 Å². The third-order valence-corrected chi connectivity index (χ3v) is 5.81. The number of carbonyl (C=O) groups excluding carboxylic acids is 1. The highest BCUT2D eigenvalue weighted by molar-refractivity contribution is 5.78. The summed E-state index contributed by atoms with van der Waals surface area (Å²) in [5.74, 6) is -0.611. The fraction of sp³-hybridized carbons (Fsp3) is 0.286. The van der Waals surface area contributed by atoms with E-state index in [9.17, 15) is 33.0 Å². The number of amides is 2. The lowest BCUT2D eigenvalue weighted by atomic mass is 9.94. The van der Waals surface area contributed by atoms with Crippen molar-refractivity contribution in [2.75, 3.05) is 13.2 Å². The standard InChI is InChI=1S/C28H29F3N2O5/c1-3-33(27(37)32-16-19-6-5-7-22(34)12-19)17-20-15-21(28(29,30)31)9-10-23(20)24-13-18(14-26(35)36)8-11-25(24)38-4-2/h5-13,15,34H,3-4,14,16-17H2,1-2H3,(H,32,37)(H,35,36). The van der Waals surface area contributed by atoms with Crippen molar-refractivity contribution in [3.8, 4) is 22.6 Å². The summed E-state index contributed by atoms with van der Waals surface area (Å²) in [6.45, 7) is 3.94. The summed E-state index contributed by atoms with van der Waals surface area (Å²) in [4.78, 5) is 25.6. The molecular formula is C28H29F3N2O5. The van der Waals surface area contributed by atoms with Gasteiger partial charge in [-0.15, -0.1) is 0 Å². The third-order valence-electron chi connectivity index (χ3n) is 5.81. The van der Waals surface area contributed by atoms with E-state index in [1.807, 2.05) is 0 Å². The number of halogens is 3. The van der Waals surface area contributed by atoms with Crippen LogP contribution in [0, 0.1) is 0 Å². The summed E-state index contributed by atoms with van der Waals surface area (Å²) in [5, 5.41) is 21.6. The third kappa shape index (κ3) is 7.41. The molecule has 0 bridgehead atoms. The van der Waals surface area contributed by atoms with E-state index in [1.165, 1.54) is 23.1 Å². The van der Waals surface area contributed by atoms with Gasteiger partial charge in [-0.2, -0.15) is 13.2 Å². The monoisotopic (exact) mass is 530 g/mol. The molecular weight excluding hydrogens is 501 g/mol. The number of hydrogen-bond donors (Lipinski definition) is 3. The number of urea groups is 1. The molecule has 0 unspecified atom stereocenters. The molecule has 202 valence electrons. The van der Waals surface area contributed by atoms with Gasteiger partial charge in [-0.05, 0) is 72.5 Å². The Morgan fingerprint density at radius 1 is 0.974 bits per heavy atom. The zero-order chi connectivity index (χ0) is 27.9. The second kappa shape index (κ2) is 12.4. The highest BCUT2D eigenvalue weighted by atomic mass is 19.4. The predicted molar refractivity (Wildman–Crippen MR) is 136 cm³/mol. The van der Waals surface area contributed by atoms with Crippen LogP contribution in [0.5, 0.6) is 11.5 Å². The number of phenolic OH excluding ortho intramolecular Hbond substituents is 1. The summed E-state index contributed by atoms with van der Waals surface area (Å²) in [6.07, 6.45) is -4.87. The molecule has 0 spiro atoms. The van der Waals surface area contributed by atoms with Crippen LogP contribution in [0.3, 0.4) is 0 Å². The molecule has 0 atom stereocenters. The summed E-state index contributed by atoms with van der Waals surface area (Å²) in [6, 6.07) is 13.9. The van der Waals surface area contributed by atoms with Crippen LogP contribution < -0.4 is 10.1 Å². The smallest absolute Gasteiger partial charge is 0.416 e. The lowest BCUT2D eigenvalue weighted by Gasteiger charge is -2.24. The van der Waals surface area contributed by atoms with Crippen molar-refractivity contribution < 1.29 is 37.7 Å². The summed E-state index contributed by atoms with van der Waals surface area (Å²) >= 11 is 0. The molecule has 3 aromatic carbocycles. The molecule has 0 aromatic heterocycles. The number of rotatable bonds is 10. The van der Waals surface area contributed by atoms with Crippen molar-refractivity contribution >= 4 is 12.0 Å². The first-order valence-corrected chi connectivity index (χ1v) is 12.0. The molecule has 2 amide bonds. The van der Waals surface area contributed by atoms with Crippen molar-refractivity contribution in [1.82, 2.24) is 10.2 Å². The number of aliphatic carboxylic acids is 1. The number of carboxylic acid groups (broad SMARTS) is 1. The second-order valence-corrected chi connectivity index (χ2v) is 8.55. The van der Waals surface area contributed by atoms with E-state index < -0.39 is 23.7 Å². The Morgan fingerprint density at radius 2 is 1.74 bits per heavy atom. The number of carboxylic acids is 1. The minimum Gasteiger partial charge on any atom is -0.508 e. The van der Waals surface area contributed by atoms with Crippen molar-refractivity contribution in [2.45, 2.75) is 39.5 Å². The molecule has 3 aromatic rings. The first-order chi connectivity index (χ1) is 18.0. The highest BCUT2D eigenvalue weighted by Crippen LogP contribution is 2.38. The normalized spacial score (nSPS) is 11.2. The minimum absolute atomic E-state index is 0.0490. The lowest BCUT2D eigenvalue weighted by molar-refractivity contribution is -0.138. The molecule has 0 heterocycles. The van der Waals surface area contributed by atoms with Gasteiger partial charge in [-0.1, -0.05) is 24.3 Å². The minimum atomic E-state index is -4.60. The average Bonchev–Trinajstić information content (AvgIpc) is 2.86. The van der Waals surface area contributed by atoms with Crippen molar-refractivity contribution in [3.05, 3.63) is 82.9 Å². The molecule has 0 aliphatic heterocycles. The first-order valence-electron chi connectivity index (χ1n) is 12.0. The van der Waals surface area contributed by atoms with Gasteiger partial charge in [0.15, 0.2) is 0 Å². The van der Waals surface area contributed by atoms with Crippen LogP contribution in [0.2, 0.25) is 0 Å². The van der Waals surface area contributed by atoms with E-state index in [-0.39, 0.29) is 37.4 Å². The van der Waals surface area contributed by atoms with Crippen LogP contribution in [-0.2, 0) is 30.5 Å². The fourth-order valence-electron chi connectivity index (χ4n) is 4.01. The number of nitrogens with one attached hydrogen (secondary N) is 1. The average molecular weight is 531 g/mol. The zero-order valence-electron chi connectivity index (χ0n) is 21.0. The van der Waals surface area contributed by atoms with Gasteiger partial charge in [0.25, 0.3) is 0 Å². The lowest BCUT2D eigenvalue weighted by Crippen LogP contribution is -2.39. The number of nitrogens with zero attached hydrogens (tertiary/aromatic N) is 1. The largest absolute Gasteiger partial charge is 0.508 e. The topological polar surface area (TPSA) is 99.1 Å². The Labute approximate surface area is 218 Å². The van der Waals surface area contributed by atoms with Gasteiger partial charge in [-0.3, -0.25) is 4.79 Å². The maximum atomic E-state index is 13.6. The molecule has 38 heavy (non-hydrogen) atoms. The van der Waals surface area contributed by atoms with Gasteiger partial charge in [-0.25, -0.2) is 4.79 Å². The quantitative estimate of drug-likeness (QED) is 0.306. The van der Waals surface area contributed by atoms with Gasteiger partial charge in [0.1, 0.15) is 11.5 Å². The Bertz CT molecular complexity index is 1290. The van der Waals surface area contributed by atoms with Gasteiger partial charge in [0.05, 0.1) is 18.6 Å². The van der Waals surface area contributed by atoms with E-state index in [0.29, 0.717) is 34.6 Å². The van der Waals surface area contributed by atoms with Crippen LogP contribution in [0.15, 0.2) is 60.7 Å². The molecule has 0 aliphatic carbocycles. The van der Waals surface area contributed by atoms with Crippen LogP contribution in [-0.4, -0.2) is 40.3 Å². The number of hydrogen-bond acceptors (Lipinski definition) is 4. The van der Waals surface area contributed by atoms with Crippen LogP contribution in [0.25, 0.3) is 11.1 Å². The molecule has 3 rings (SSSR count). The van der Waals surface area contributed by atoms with Gasteiger partial charge in [0, 0.05) is 25.2 Å². The molecule has 0 radical (unpaired) electrons.